The standard InChI is InChI=1S/C18H24O7/c1-18-8-7-10(15(20)23-2)12(18)6-5-11(16(21)24-3)14(13(19)9-18)17(22)25-4/h5,10,12,19H,6-9H2,1-4H3. The van der Waals surface area contributed by atoms with Gasteiger partial charge in [-0.25, -0.2) is 9.59 Å². The largest absolute Gasteiger partial charge is 0.511 e. The molecule has 0 heterocycles. The Bertz CT molecular complexity index is 646. The third kappa shape index (κ3) is 3.41. The second-order valence-corrected chi connectivity index (χ2v) is 6.76. The second-order valence-electron chi connectivity index (χ2n) is 6.76. The molecule has 0 aromatic rings. The van der Waals surface area contributed by atoms with Crippen LogP contribution in [0.4, 0.5) is 0 Å². The fourth-order valence-corrected chi connectivity index (χ4v) is 4.06. The van der Waals surface area contributed by atoms with Crippen molar-refractivity contribution in [1.82, 2.24) is 0 Å². The highest BCUT2D eigenvalue weighted by Crippen LogP contribution is 2.53. The maximum absolute atomic E-state index is 12.1. The smallest absolute Gasteiger partial charge is 0.342 e. The van der Waals surface area contributed by atoms with Crippen LogP contribution in [-0.4, -0.2) is 44.3 Å². The van der Waals surface area contributed by atoms with Gasteiger partial charge in [0.1, 0.15) is 11.3 Å². The maximum Gasteiger partial charge on any atom is 0.342 e. The van der Waals surface area contributed by atoms with Gasteiger partial charge in [-0.3, -0.25) is 4.79 Å². The molecule has 2 aliphatic rings. The summed E-state index contributed by atoms with van der Waals surface area (Å²) in [6.07, 6.45) is 3.46. The van der Waals surface area contributed by atoms with Gasteiger partial charge in [-0.1, -0.05) is 13.0 Å². The zero-order chi connectivity index (χ0) is 18.8. The number of aliphatic hydroxyl groups excluding tert-OH is 1. The monoisotopic (exact) mass is 352 g/mol. The summed E-state index contributed by atoms with van der Waals surface area (Å²) in [5, 5.41) is 10.6. The highest BCUT2D eigenvalue weighted by molar-refractivity contribution is 6.07. The van der Waals surface area contributed by atoms with E-state index in [1.54, 1.807) is 6.08 Å². The number of aliphatic hydroxyl groups is 1. The number of ether oxygens (including phenoxy) is 3. The molecule has 0 saturated heterocycles. The van der Waals surface area contributed by atoms with Gasteiger partial charge in [-0.2, -0.15) is 0 Å². The molecule has 2 rings (SSSR count). The molecular weight excluding hydrogens is 328 g/mol. The van der Waals surface area contributed by atoms with E-state index in [2.05, 4.69) is 0 Å². The average Bonchev–Trinajstić information content (AvgIpc) is 2.90. The summed E-state index contributed by atoms with van der Waals surface area (Å²) in [6.45, 7) is 1.97. The van der Waals surface area contributed by atoms with Crippen LogP contribution in [0.1, 0.15) is 32.6 Å². The Hall–Kier alpha value is -2.31. The predicted molar refractivity (Wildman–Crippen MR) is 87.3 cm³/mol. The molecule has 1 fully saturated rings. The van der Waals surface area contributed by atoms with Crippen LogP contribution in [0.25, 0.3) is 0 Å². The highest BCUT2D eigenvalue weighted by Gasteiger charge is 2.49. The summed E-state index contributed by atoms with van der Waals surface area (Å²) in [7, 11) is 3.73. The molecule has 0 aromatic carbocycles. The summed E-state index contributed by atoms with van der Waals surface area (Å²) >= 11 is 0. The topological polar surface area (TPSA) is 99.1 Å². The van der Waals surface area contributed by atoms with Crippen molar-refractivity contribution in [1.29, 1.82) is 0 Å². The third-order valence-electron chi connectivity index (χ3n) is 5.41. The van der Waals surface area contributed by atoms with Crippen LogP contribution in [0.2, 0.25) is 0 Å². The first-order valence-electron chi connectivity index (χ1n) is 8.16. The zero-order valence-corrected chi connectivity index (χ0v) is 15.0. The van der Waals surface area contributed by atoms with Crippen molar-refractivity contribution in [2.24, 2.45) is 17.3 Å². The summed E-state index contributed by atoms with van der Waals surface area (Å²) in [5.41, 5.74) is -0.597. The number of hydrogen-bond acceptors (Lipinski definition) is 7. The Kier molecular flexibility index (Phi) is 5.55. The lowest BCUT2D eigenvalue weighted by atomic mass is 9.70. The van der Waals surface area contributed by atoms with Gasteiger partial charge < -0.3 is 19.3 Å². The molecule has 0 spiro atoms. The molecule has 1 N–H and O–H groups in total. The lowest BCUT2D eigenvalue weighted by Crippen LogP contribution is -2.32. The van der Waals surface area contributed by atoms with Gasteiger partial charge in [0.2, 0.25) is 0 Å². The first-order valence-corrected chi connectivity index (χ1v) is 8.16. The SMILES string of the molecule is COC(=O)C1=CCC2C(C(=O)OC)CCC2(C)CC(O)=C1C(=O)OC. The van der Waals surface area contributed by atoms with Crippen LogP contribution in [-0.2, 0) is 28.6 Å². The molecule has 3 atom stereocenters. The minimum atomic E-state index is -0.793. The van der Waals surface area contributed by atoms with Crippen LogP contribution in [0.5, 0.6) is 0 Å². The lowest BCUT2D eigenvalue weighted by Gasteiger charge is -2.34. The van der Waals surface area contributed by atoms with Crippen LogP contribution >= 0.6 is 0 Å². The normalized spacial score (nSPS) is 29.0. The molecular formula is C18H24O7. The number of hydrogen-bond donors (Lipinski definition) is 1. The van der Waals surface area contributed by atoms with E-state index < -0.39 is 11.9 Å². The number of methoxy groups -OCH3 is 3. The van der Waals surface area contributed by atoms with Crippen molar-refractivity contribution in [3.8, 4) is 0 Å². The highest BCUT2D eigenvalue weighted by atomic mass is 16.5. The maximum atomic E-state index is 12.1. The Morgan fingerprint density at radius 1 is 1.12 bits per heavy atom. The molecule has 0 bridgehead atoms. The van der Waals surface area contributed by atoms with E-state index in [0.29, 0.717) is 19.3 Å². The molecule has 0 amide bonds. The molecule has 0 aromatic heterocycles. The molecule has 1 saturated carbocycles. The summed E-state index contributed by atoms with van der Waals surface area (Å²) in [5.74, 6) is -2.46. The predicted octanol–water partition coefficient (Wildman–Crippen LogP) is 2.07. The van der Waals surface area contributed by atoms with Gasteiger partial charge in [0.15, 0.2) is 0 Å². The van der Waals surface area contributed by atoms with E-state index in [0.717, 1.165) is 0 Å². The van der Waals surface area contributed by atoms with E-state index in [1.165, 1.54) is 21.3 Å². The van der Waals surface area contributed by atoms with Gasteiger partial charge in [-0.15, -0.1) is 0 Å². The summed E-state index contributed by atoms with van der Waals surface area (Å²) in [4.78, 5) is 36.3. The zero-order valence-electron chi connectivity index (χ0n) is 15.0. The summed E-state index contributed by atoms with van der Waals surface area (Å²) in [6, 6.07) is 0. The number of carbonyl (C=O) groups is 3. The van der Waals surface area contributed by atoms with Gasteiger partial charge in [0.25, 0.3) is 0 Å². The van der Waals surface area contributed by atoms with Crippen molar-refractivity contribution in [3.63, 3.8) is 0 Å². The molecule has 7 heteroatoms. The van der Waals surface area contributed by atoms with E-state index in [1.807, 2.05) is 6.92 Å². The van der Waals surface area contributed by atoms with E-state index >= 15 is 0 Å². The van der Waals surface area contributed by atoms with Crippen molar-refractivity contribution in [3.05, 3.63) is 23.0 Å². The van der Waals surface area contributed by atoms with Gasteiger partial charge in [0, 0.05) is 6.42 Å². The van der Waals surface area contributed by atoms with Crippen LogP contribution in [0, 0.1) is 17.3 Å². The molecule has 3 unspecified atom stereocenters. The molecule has 0 radical (unpaired) electrons. The van der Waals surface area contributed by atoms with E-state index in [4.69, 9.17) is 14.2 Å². The van der Waals surface area contributed by atoms with Crippen molar-refractivity contribution < 1.29 is 33.7 Å². The number of allylic oxidation sites excluding steroid dienone is 2. The fourth-order valence-electron chi connectivity index (χ4n) is 4.06. The average molecular weight is 352 g/mol. The molecule has 25 heavy (non-hydrogen) atoms. The van der Waals surface area contributed by atoms with Crippen molar-refractivity contribution >= 4 is 17.9 Å². The molecule has 7 nitrogen and oxygen atoms in total. The third-order valence-corrected chi connectivity index (χ3v) is 5.41. The number of carbonyl (C=O) groups excluding carboxylic acids is 3. The molecule has 2 aliphatic carbocycles. The van der Waals surface area contributed by atoms with Crippen LogP contribution < -0.4 is 0 Å². The van der Waals surface area contributed by atoms with Crippen LogP contribution in [0.3, 0.4) is 0 Å². The number of esters is 3. The number of fused-ring (bicyclic) bond motifs is 1. The van der Waals surface area contributed by atoms with Crippen LogP contribution in [0.15, 0.2) is 23.0 Å². The van der Waals surface area contributed by atoms with E-state index in [-0.39, 0.29) is 46.5 Å². The van der Waals surface area contributed by atoms with Gasteiger partial charge >= 0.3 is 17.9 Å². The molecule has 138 valence electrons. The summed E-state index contributed by atoms with van der Waals surface area (Å²) < 4.78 is 14.4. The number of rotatable bonds is 3. The van der Waals surface area contributed by atoms with E-state index in [9.17, 15) is 19.5 Å². The Morgan fingerprint density at radius 3 is 2.32 bits per heavy atom. The Labute approximate surface area is 146 Å². The molecule has 0 aliphatic heterocycles. The Balaban J connectivity index is 2.52. The Morgan fingerprint density at radius 2 is 1.76 bits per heavy atom. The van der Waals surface area contributed by atoms with Crippen molar-refractivity contribution in [2.45, 2.75) is 32.6 Å². The minimum Gasteiger partial charge on any atom is -0.511 e. The first kappa shape index (κ1) is 19.0. The fraction of sp³-hybridized carbons (Fsp3) is 0.611. The van der Waals surface area contributed by atoms with Crippen molar-refractivity contribution in [2.75, 3.05) is 21.3 Å². The minimum absolute atomic E-state index is 0.0376. The lowest BCUT2D eigenvalue weighted by molar-refractivity contribution is -0.147. The van der Waals surface area contributed by atoms with Gasteiger partial charge in [0.05, 0.1) is 32.8 Å². The quantitative estimate of drug-likeness (QED) is 0.613. The second kappa shape index (κ2) is 7.29. The first-order chi connectivity index (χ1) is 11.8. The van der Waals surface area contributed by atoms with Gasteiger partial charge in [-0.05, 0) is 30.6 Å².